The van der Waals surface area contributed by atoms with Crippen LogP contribution < -0.4 is 5.32 Å². The lowest BCUT2D eigenvalue weighted by Gasteiger charge is -2.19. The van der Waals surface area contributed by atoms with Crippen molar-refractivity contribution in [3.8, 4) is 0 Å². The number of para-hydroxylation sites is 1. The number of benzene rings is 1. The van der Waals surface area contributed by atoms with E-state index in [4.69, 9.17) is 9.63 Å². The molecule has 2 aromatic rings. The van der Waals surface area contributed by atoms with E-state index in [1.165, 1.54) is 0 Å². The number of aliphatic hydroxyl groups excluding tert-OH is 1. The molecule has 2 N–H and O–H groups in total. The van der Waals surface area contributed by atoms with Gasteiger partial charge in [0.2, 0.25) is 0 Å². The number of amides is 2. The van der Waals surface area contributed by atoms with Gasteiger partial charge in [0.15, 0.2) is 5.58 Å². The van der Waals surface area contributed by atoms with Crippen molar-refractivity contribution in [1.82, 2.24) is 15.4 Å². The van der Waals surface area contributed by atoms with E-state index in [1.807, 2.05) is 29.2 Å². The molecule has 1 aromatic heterocycles. The molecule has 3 atom stereocenters. The predicted octanol–water partition coefficient (Wildman–Crippen LogP) is 1.25. The molecule has 2 amide bonds. The molecule has 4 rings (SSSR count). The molecule has 2 heterocycles. The molecule has 1 saturated carbocycles. The standard InChI is InChI=1S/C16H19N3O3/c20-9-13-11-7-19(8-12(11)13)16(21)17-6-5-14-10-3-1-2-4-15(10)22-18-14/h1-4,11-13,20H,5-9H2,(H,17,21)/t11-,12+,13?. The van der Waals surface area contributed by atoms with Gasteiger partial charge in [0.1, 0.15) is 0 Å². The lowest BCUT2D eigenvalue weighted by atomic mass is 10.2. The summed E-state index contributed by atoms with van der Waals surface area (Å²) < 4.78 is 5.25. The number of nitrogens with one attached hydrogen (secondary N) is 1. The van der Waals surface area contributed by atoms with Crippen LogP contribution in [-0.4, -0.2) is 47.4 Å². The van der Waals surface area contributed by atoms with E-state index >= 15 is 0 Å². The summed E-state index contributed by atoms with van der Waals surface area (Å²) in [6, 6.07) is 7.72. The van der Waals surface area contributed by atoms with Crippen molar-refractivity contribution in [3.05, 3.63) is 30.0 Å². The number of carbonyl (C=O) groups excluding carboxylic acids is 1. The van der Waals surface area contributed by atoms with E-state index in [9.17, 15) is 4.79 Å². The maximum atomic E-state index is 12.1. The average Bonchev–Trinajstić information content (AvgIpc) is 2.91. The van der Waals surface area contributed by atoms with E-state index in [0.29, 0.717) is 30.7 Å². The summed E-state index contributed by atoms with van der Waals surface area (Å²) in [5, 5.41) is 17.1. The molecule has 2 fully saturated rings. The summed E-state index contributed by atoms with van der Waals surface area (Å²) >= 11 is 0. The minimum absolute atomic E-state index is 0.0170. The van der Waals surface area contributed by atoms with E-state index in [0.717, 1.165) is 29.8 Å². The van der Waals surface area contributed by atoms with Gasteiger partial charge in [-0.3, -0.25) is 0 Å². The smallest absolute Gasteiger partial charge is 0.317 e. The molecule has 0 radical (unpaired) electrons. The van der Waals surface area contributed by atoms with Crippen LogP contribution >= 0.6 is 0 Å². The number of likely N-dealkylation sites (tertiary alicyclic amines) is 1. The van der Waals surface area contributed by atoms with Crippen LogP contribution in [0.4, 0.5) is 4.79 Å². The van der Waals surface area contributed by atoms with Crippen LogP contribution in [0.2, 0.25) is 0 Å². The Balaban J connectivity index is 1.28. The van der Waals surface area contributed by atoms with Gasteiger partial charge in [0.05, 0.1) is 5.69 Å². The molecule has 1 aliphatic carbocycles. The molecule has 2 aliphatic rings. The van der Waals surface area contributed by atoms with Crippen LogP contribution in [0.5, 0.6) is 0 Å². The molecule has 22 heavy (non-hydrogen) atoms. The van der Waals surface area contributed by atoms with Crippen molar-refractivity contribution in [2.24, 2.45) is 17.8 Å². The molecule has 0 spiro atoms. The number of fused-ring (bicyclic) bond motifs is 2. The zero-order valence-corrected chi connectivity index (χ0v) is 12.2. The Morgan fingerprint density at radius 2 is 2.14 bits per heavy atom. The number of carbonyl (C=O) groups is 1. The minimum atomic E-state index is -0.0170. The first kappa shape index (κ1) is 13.6. The maximum absolute atomic E-state index is 12.1. The van der Waals surface area contributed by atoms with Gasteiger partial charge in [0, 0.05) is 38.0 Å². The van der Waals surface area contributed by atoms with Gasteiger partial charge >= 0.3 is 6.03 Å². The van der Waals surface area contributed by atoms with Gasteiger partial charge in [-0.15, -0.1) is 0 Å². The SMILES string of the molecule is O=C(NCCc1noc2ccccc12)N1C[C@@H]2C(CO)[C@@H]2C1. The largest absolute Gasteiger partial charge is 0.396 e. The Labute approximate surface area is 128 Å². The zero-order chi connectivity index (χ0) is 15.1. The quantitative estimate of drug-likeness (QED) is 0.891. The monoisotopic (exact) mass is 301 g/mol. The van der Waals surface area contributed by atoms with E-state index < -0.39 is 0 Å². The predicted molar refractivity (Wildman–Crippen MR) is 80.2 cm³/mol. The lowest BCUT2D eigenvalue weighted by Crippen LogP contribution is -2.41. The van der Waals surface area contributed by atoms with Gasteiger partial charge in [-0.05, 0) is 29.9 Å². The topological polar surface area (TPSA) is 78.6 Å². The Morgan fingerprint density at radius 3 is 2.91 bits per heavy atom. The Bertz CT molecular complexity index is 687. The summed E-state index contributed by atoms with van der Waals surface area (Å²) in [6.45, 7) is 2.35. The number of aliphatic hydroxyl groups is 1. The van der Waals surface area contributed by atoms with Crippen molar-refractivity contribution < 1.29 is 14.4 Å². The maximum Gasteiger partial charge on any atom is 0.317 e. The number of piperidine rings is 1. The van der Waals surface area contributed by atoms with Crippen molar-refractivity contribution >= 4 is 17.0 Å². The van der Waals surface area contributed by atoms with Gasteiger partial charge in [-0.2, -0.15) is 0 Å². The van der Waals surface area contributed by atoms with Crippen molar-refractivity contribution in [3.63, 3.8) is 0 Å². The molecule has 1 unspecified atom stereocenters. The number of rotatable bonds is 4. The van der Waals surface area contributed by atoms with Crippen LogP contribution in [-0.2, 0) is 6.42 Å². The van der Waals surface area contributed by atoms with Crippen LogP contribution in [0, 0.1) is 17.8 Å². The van der Waals surface area contributed by atoms with E-state index in [2.05, 4.69) is 10.5 Å². The number of hydrogen-bond donors (Lipinski definition) is 2. The summed E-state index contributed by atoms with van der Waals surface area (Å²) in [5.74, 6) is 1.44. The van der Waals surface area contributed by atoms with Crippen LogP contribution in [0.1, 0.15) is 5.69 Å². The fraction of sp³-hybridized carbons (Fsp3) is 0.500. The van der Waals surface area contributed by atoms with Gasteiger partial charge < -0.3 is 19.8 Å². The van der Waals surface area contributed by atoms with Gasteiger partial charge in [0.25, 0.3) is 0 Å². The van der Waals surface area contributed by atoms with Crippen LogP contribution in [0.15, 0.2) is 28.8 Å². The third-order valence-electron chi connectivity index (χ3n) is 4.96. The average molecular weight is 301 g/mol. The Morgan fingerprint density at radius 1 is 1.36 bits per heavy atom. The second kappa shape index (κ2) is 5.28. The van der Waals surface area contributed by atoms with Crippen molar-refractivity contribution in [2.75, 3.05) is 26.2 Å². The summed E-state index contributed by atoms with van der Waals surface area (Å²) in [5.41, 5.74) is 1.65. The molecule has 6 heteroatoms. The third kappa shape index (κ3) is 2.23. The fourth-order valence-corrected chi connectivity index (χ4v) is 3.60. The highest BCUT2D eigenvalue weighted by atomic mass is 16.5. The lowest BCUT2D eigenvalue weighted by molar-refractivity contribution is 0.191. The molecule has 6 nitrogen and oxygen atoms in total. The molecular weight excluding hydrogens is 282 g/mol. The van der Waals surface area contributed by atoms with Crippen LogP contribution in [0.25, 0.3) is 11.0 Å². The molecule has 1 saturated heterocycles. The summed E-state index contributed by atoms with van der Waals surface area (Å²) in [6.07, 6.45) is 0.655. The van der Waals surface area contributed by atoms with Gasteiger partial charge in [-0.25, -0.2) is 4.79 Å². The second-order valence-electron chi connectivity index (χ2n) is 6.19. The summed E-state index contributed by atoms with van der Waals surface area (Å²) in [4.78, 5) is 14.0. The molecular formula is C16H19N3O3. The number of nitrogens with zero attached hydrogens (tertiary/aromatic N) is 2. The number of hydrogen-bond acceptors (Lipinski definition) is 4. The highest BCUT2D eigenvalue weighted by Gasteiger charge is 2.56. The number of aromatic nitrogens is 1. The fourth-order valence-electron chi connectivity index (χ4n) is 3.60. The normalized spacial score (nSPS) is 26.2. The van der Waals surface area contributed by atoms with E-state index in [-0.39, 0.29) is 12.6 Å². The molecule has 1 aromatic carbocycles. The third-order valence-corrected chi connectivity index (χ3v) is 4.96. The molecule has 0 bridgehead atoms. The first-order valence-electron chi connectivity index (χ1n) is 7.75. The summed E-state index contributed by atoms with van der Waals surface area (Å²) in [7, 11) is 0. The minimum Gasteiger partial charge on any atom is -0.396 e. The first-order valence-corrected chi connectivity index (χ1v) is 7.75. The first-order chi connectivity index (χ1) is 10.8. The molecule has 116 valence electrons. The van der Waals surface area contributed by atoms with Gasteiger partial charge in [-0.1, -0.05) is 17.3 Å². The van der Waals surface area contributed by atoms with Crippen molar-refractivity contribution in [1.29, 1.82) is 0 Å². The van der Waals surface area contributed by atoms with Crippen LogP contribution in [0.3, 0.4) is 0 Å². The van der Waals surface area contributed by atoms with E-state index in [1.54, 1.807) is 0 Å². The van der Waals surface area contributed by atoms with Crippen molar-refractivity contribution in [2.45, 2.75) is 6.42 Å². The highest BCUT2D eigenvalue weighted by molar-refractivity contribution is 5.79. The second-order valence-corrected chi connectivity index (χ2v) is 6.19. The number of urea groups is 1. The Hall–Kier alpha value is -2.08. The Kier molecular flexibility index (Phi) is 3.26. The molecule has 1 aliphatic heterocycles. The highest BCUT2D eigenvalue weighted by Crippen LogP contribution is 2.51. The zero-order valence-electron chi connectivity index (χ0n) is 12.2.